The summed E-state index contributed by atoms with van der Waals surface area (Å²) in [6.45, 7) is 2.77. The number of hydrogen-bond acceptors (Lipinski definition) is 5. The SMILES string of the molecule is Fc1cccc(C2CNNC2C2CCN(c3ncccn3)CC2)c1. The first-order valence-electron chi connectivity index (χ1n) is 8.57. The van der Waals surface area contributed by atoms with Gasteiger partial charge in [0.1, 0.15) is 5.82 Å². The molecule has 126 valence electrons. The molecule has 2 aliphatic heterocycles. The lowest BCUT2D eigenvalue weighted by Gasteiger charge is -2.36. The first kappa shape index (κ1) is 15.5. The van der Waals surface area contributed by atoms with Crippen LogP contribution in [0.4, 0.5) is 10.3 Å². The number of nitrogens with one attached hydrogen (secondary N) is 2. The number of nitrogens with zero attached hydrogens (tertiary/aromatic N) is 3. The number of anilines is 1. The largest absolute Gasteiger partial charge is 0.341 e. The Morgan fingerprint density at radius 1 is 1.08 bits per heavy atom. The van der Waals surface area contributed by atoms with Crippen molar-refractivity contribution < 1.29 is 4.39 Å². The van der Waals surface area contributed by atoms with E-state index in [0.29, 0.717) is 17.9 Å². The molecule has 1 aromatic heterocycles. The zero-order valence-corrected chi connectivity index (χ0v) is 13.5. The Labute approximate surface area is 141 Å². The highest BCUT2D eigenvalue weighted by Crippen LogP contribution is 2.33. The second kappa shape index (κ2) is 6.83. The number of piperidine rings is 1. The Kier molecular flexibility index (Phi) is 4.40. The second-order valence-electron chi connectivity index (χ2n) is 6.59. The molecule has 1 aromatic carbocycles. The third-order valence-electron chi connectivity index (χ3n) is 5.18. The van der Waals surface area contributed by atoms with Crippen LogP contribution in [0.3, 0.4) is 0 Å². The maximum atomic E-state index is 13.6. The standard InChI is InChI=1S/C18H22FN5/c19-15-4-1-3-14(11-15)16-12-22-23-17(16)13-5-9-24(10-6-13)18-20-7-2-8-21-18/h1-4,7-8,11,13,16-17,22-23H,5-6,9-10,12H2. The number of halogens is 1. The van der Waals surface area contributed by atoms with Crippen molar-refractivity contribution in [2.24, 2.45) is 5.92 Å². The molecule has 0 spiro atoms. The first-order chi connectivity index (χ1) is 11.8. The Morgan fingerprint density at radius 3 is 2.62 bits per heavy atom. The molecule has 24 heavy (non-hydrogen) atoms. The van der Waals surface area contributed by atoms with Crippen LogP contribution in [0.5, 0.6) is 0 Å². The lowest BCUT2D eigenvalue weighted by molar-refractivity contribution is 0.294. The molecule has 2 aliphatic rings. The summed E-state index contributed by atoms with van der Waals surface area (Å²) in [5.41, 5.74) is 7.77. The van der Waals surface area contributed by atoms with Crippen molar-refractivity contribution in [2.45, 2.75) is 24.8 Å². The third-order valence-corrected chi connectivity index (χ3v) is 5.18. The van der Waals surface area contributed by atoms with Gasteiger partial charge in [0, 0.05) is 44.0 Å². The quantitative estimate of drug-likeness (QED) is 0.904. The molecule has 0 radical (unpaired) electrons. The fraction of sp³-hybridized carbons (Fsp3) is 0.444. The van der Waals surface area contributed by atoms with Gasteiger partial charge in [0.15, 0.2) is 0 Å². The van der Waals surface area contributed by atoms with E-state index in [9.17, 15) is 4.39 Å². The molecule has 2 saturated heterocycles. The van der Waals surface area contributed by atoms with Gasteiger partial charge in [-0.1, -0.05) is 12.1 Å². The van der Waals surface area contributed by atoms with Crippen molar-refractivity contribution in [3.05, 3.63) is 54.1 Å². The minimum atomic E-state index is -0.158. The van der Waals surface area contributed by atoms with Crippen molar-refractivity contribution >= 4 is 5.95 Å². The van der Waals surface area contributed by atoms with Crippen LogP contribution in [-0.2, 0) is 0 Å². The number of hydrazine groups is 1. The zero-order chi connectivity index (χ0) is 16.4. The molecular formula is C18H22FN5. The van der Waals surface area contributed by atoms with E-state index in [0.717, 1.165) is 44.0 Å². The highest BCUT2D eigenvalue weighted by Gasteiger charge is 2.36. The van der Waals surface area contributed by atoms with Gasteiger partial charge in [-0.15, -0.1) is 0 Å². The summed E-state index contributed by atoms with van der Waals surface area (Å²) in [7, 11) is 0. The Bertz CT molecular complexity index is 672. The molecule has 0 saturated carbocycles. The van der Waals surface area contributed by atoms with Gasteiger partial charge in [-0.05, 0) is 42.5 Å². The van der Waals surface area contributed by atoms with Crippen molar-refractivity contribution in [3.63, 3.8) is 0 Å². The summed E-state index contributed by atoms with van der Waals surface area (Å²) in [5, 5.41) is 0. The number of hydrogen-bond donors (Lipinski definition) is 2. The number of benzene rings is 1. The summed E-state index contributed by atoms with van der Waals surface area (Å²) < 4.78 is 13.6. The van der Waals surface area contributed by atoms with Gasteiger partial charge >= 0.3 is 0 Å². The van der Waals surface area contributed by atoms with Crippen LogP contribution in [0.15, 0.2) is 42.7 Å². The van der Waals surface area contributed by atoms with Crippen LogP contribution in [0.1, 0.15) is 24.3 Å². The van der Waals surface area contributed by atoms with Gasteiger partial charge in [0.05, 0.1) is 0 Å². The van der Waals surface area contributed by atoms with Gasteiger partial charge in [-0.2, -0.15) is 0 Å². The maximum absolute atomic E-state index is 13.6. The summed E-state index contributed by atoms with van der Waals surface area (Å²) in [4.78, 5) is 10.9. The van der Waals surface area contributed by atoms with Gasteiger partial charge in [0.25, 0.3) is 0 Å². The molecule has 2 fully saturated rings. The fourth-order valence-corrected chi connectivity index (χ4v) is 3.94. The molecule has 2 N–H and O–H groups in total. The zero-order valence-electron chi connectivity index (χ0n) is 13.5. The van der Waals surface area contributed by atoms with Crippen LogP contribution in [-0.4, -0.2) is 35.6 Å². The molecule has 4 rings (SSSR count). The summed E-state index contributed by atoms with van der Waals surface area (Å²) in [6, 6.07) is 9.18. The second-order valence-corrected chi connectivity index (χ2v) is 6.59. The fourth-order valence-electron chi connectivity index (χ4n) is 3.94. The topological polar surface area (TPSA) is 53.1 Å². The van der Waals surface area contributed by atoms with E-state index in [2.05, 4.69) is 25.7 Å². The molecule has 2 atom stereocenters. The average Bonchev–Trinajstić information content (AvgIpc) is 3.12. The van der Waals surface area contributed by atoms with E-state index in [1.807, 2.05) is 12.1 Å². The van der Waals surface area contributed by atoms with Crippen LogP contribution in [0.2, 0.25) is 0 Å². The minimum Gasteiger partial charge on any atom is -0.341 e. The lowest BCUT2D eigenvalue weighted by atomic mass is 9.80. The van der Waals surface area contributed by atoms with E-state index in [1.165, 1.54) is 6.07 Å². The molecular weight excluding hydrogens is 305 g/mol. The van der Waals surface area contributed by atoms with E-state index in [-0.39, 0.29) is 5.82 Å². The predicted molar refractivity (Wildman–Crippen MR) is 91.0 cm³/mol. The van der Waals surface area contributed by atoms with E-state index in [1.54, 1.807) is 24.5 Å². The average molecular weight is 327 g/mol. The van der Waals surface area contributed by atoms with E-state index >= 15 is 0 Å². The maximum Gasteiger partial charge on any atom is 0.225 e. The van der Waals surface area contributed by atoms with Gasteiger partial charge < -0.3 is 4.90 Å². The first-order valence-corrected chi connectivity index (χ1v) is 8.57. The van der Waals surface area contributed by atoms with Crippen LogP contribution >= 0.6 is 0 Å². The Hall–Kier alpha value is -2.05. The Balaban J connectivity index is 1.43. The van der Waals surface area contributed by atoms with Gasteiger partial charge in [0.2, 0.25) is 5.95 Å². The number of aromatic nitrogens is 2. The molecule has 2 aromatic rings. The summed E-state index contributed by atoms with van der Waals surface area (Å²) >= 11 is 0. The molecule has 6 heteroatoms. The monoisotopic (exact) mass is 327 g/mol. The van der Waals surface area contributed by atoms with Crippen molar-refractivity contribution in [3.8, 4) is 0 Å². The van der Waals surface area contributed by atoms with Gasteiger partial charge in [-0.25, -0.2) is 14.4 Å². The predicted octanol–water partition coefficient (Wildman–Crippen LogP) is 2.09. The van der Waals surface area contributed by atoms with Crippen molar-refractivity contribution in [2.75, 3.05) is 24.5 Å². The third kappa shape index (κ3) is 3.12. The molecule has 5 nitrogen and oxygen atoms in total. The van der Waals surface area contributed by atoms with Crippen molar-refractivity contribution in [1.82, 2.24) is 20.8 Å². The highest BCUT2D eigenvalue weighted by molar-refractivity contribution is 5.30. The van der Waals surface area contributed by atoms with Crippen LogP contribution in [0.25, 0.3) is 0 Å². The molecule has 0 aliphatic carbocycles. The molecule has 2 unspecified atom stereocenters. The summed E-state index contributed by atoms with van der Waals surface area (Å²) in [5.74, 6) is 1.53. The van der Waals surface area contributed by atoms with E-state index < -0.39 is 0 Å². The normalized spacial score (nSPS) is 25.1. The molecule has 0 amide bonds. The molecule has 3 heterocycles. The lowest BCUT2D eigenvalue weighted by Crippen LogP contribution is -2.44. The van der Waals surface area contributed by atoms with E-state index in [4.69, 9.17) is 0 Å². The highest BCUT2D eigenvalue weighted by atomic mass is 19.1. The number of rotatable bonds is 3. The Morgan fingerprint density at radius 2 is 1.88 bits per heavy atom. The van der Waals surface area contributed by atoms with Crippen LogP contribution < -0.4 is 15.8 Å². The summed E-state index contributed by atoms with van der Waals surface area (Å²) in [6.07, 6.45) is 5.75. The van der Waals surface area contributed by atoms with Gasteiger partial charge in [-0.3, -0.25) is 10.9 Å². The molecule has 0 bridgehead atoms. The van der Waals surface area contributed by atoms with Crippen molar-refractivity contribution in [1.29, 1.82) is 0 Å². The van der Waals surface area contributed by atoms with Crippen LogP contribution in [0, 0.1) is 11.7 Å². The minimum absolute atomic E-state index is 0.158. The smallest absolute Gasteiger partial charge is 0.225 e.